The Morgan fingerprint density at radius 2 is 2.20 bits per heavy atom. The molecule has 1 atom stereocenters. The van der Waals surface area contributed by atoms with E-state index in [9.17, 15) is 8.42 Å². The Morgan fingerprint density at radius 1 is 1.50 bits per heavy atom. The number of allylic oxidation sites excluding steroid dienone is 1. The molecule has 1 aliphatic carbocycles. The van der Waals surface area contributed by atoms with Crippen molar-refractivity contribution in [2.75, 3.05) is 19.5 Å². The fourth-order valence-electron chi connectivity index (χ4n) is 2.66. The minimum Gasteiger partial charge on any atom is -0.344 e. The normalized spacial score (nSPS) is 23.3. The average Bonchev–Trinajstić information content (AvgIpc) is 2.84. The van der Waals surface area contributed by atoms with Gasteiger partial charge in [0.2, 0.25) is 0 Å². The molecule has 1 unspecified atom stereocenters. The lowest BCUT2D eigenvalue weighted by Crippen LogP contribution is -2.35. The van der Waals surface area contributed by atoms with Gasteiger partial charge in [0, 0.05) is 6.42 Å². The maximum absolute atomic E-state index is 11.1. The summed E-state index contributed by atoms with van der Waals surface area (Å²) in [6.45, 7) is 1.19. The molecule has 5 nitrogen and oxygen atoms in total. The fraction of sp³-hybridized carbons (Fsp3) is 0.714. The van der Waals surface area contributed by atoms with Crippen LogP contribution in [0.15, 0.2) is 11.6 Å². The molecule has 2 aliphatic rings. The molecular weight excluding hydrogens is 280 g/mol. The molecule has 0 radical (unpaired) electrons. The van der Waals surface area contributed by atoms with Crippen molar-refractivity contribution in [3.63, 3.8) is 0 Å². The van der Waals surface area contributed by atoms with E-state index < -0.39 is 22.0 Å². The predicted molar refractivity (Wildman–Crippen MR) is 74.4 cm³/mol. The van der Waals surface area contributed by atoms with E-state index in [-0.39, 0.29) is 0 Å². The lowest BCUT2D eigenvalue weighted by atomic mass is 9.89. The summed E-state index contributed by atoms with van der Waals surface area (Å²) in [5.74, 6) is 1.76. The molecule has 20 heavy (non-hydrogen) atoms. The molecule has 0 aromatic heterocycles. The van der Waals surface area contributed by atoms with Crippen molar-refractivity contribution < 1.29 is 22.1 Å². The minimum absolute atomic E-state index is 0.434. The largest absolute Gasteiger partial charge is 0.344 e. The van der Waals surface area contributed by atoms with Crippen molar-refractivity contribution in [2.45, 2.75) is 44.0 Å². The number of ether oxygens (including phenoxy) is 2. The van der Waals surface area contributed by atoms with Gasteiger partial charge in [-0.1, -0.05) is 12.0 Å². The first-order valence-corrected chi connectivity index (χ1v) is 8.59. The molecule has 0 saturated carbocycles. The average molecular weight is 300 g/mol. The Labute approximate surface area is 120 Å². The lowest BCUT2D eigenvalue weighted by molar-refractivity contribution is -0.137. The first-order valence-electron chi connectivity index (χ1n) is 6.77. The fourth-order valence-corrected chi connectivity index (χ4v) is 3.23. The summed E-state index contributed by atoms with van der Waals surface area (Å²) >= 11 is 0. The highest BCUT2D eigenvalue weighted by Gasteiger charge is 2.41. The second-order valence-electron chi connectivity index (χ2n) is 5.07. The van der Waals surface area contributed by atoms with Gasteiger partial charge in [0.25, 0.3) is 10.1 Å². The zero-order chi connectivity index (χ0) is 14.6. The molecule has 1 saturated heterocycles. The van der Waals surface area contributed by atoms with Crippen molar-refractivity contribution in [1.82, 2.24) is 0 Å². The van der Waals surface area contributed by atoms with E-state index in [2.05, 4.69) is 12.0 Å². The van der Waals surface area contributed by atoms with Gasteiger partial charge in [-0.05, 0) is 31.3 Å². The maximum Gasteiger partial charge on any atom is 0.265 e. The Morgan fingerprint density at radius 3 is 2.80 bits per heavy atom. The third-order valence-corrected chi connectivity index (χ3v) is 4.08. The van der Waals surface area contributed by atoms with Gasteiger partial charge in [-0.15, -0.1) is 6.42 Å². The molecule has 1 aliphatic heterocycles. The van der Waals surface area contributed by atoms with Crippen LogP contribution in [0, 0.1) is 12.3 Å². The predicted octanol–water partition coefficient (Wildman–Crippen LogP) is 1.60. The molecule has 0 amide bonds. The summed E-state index contributed by atoms with van der Waals surface area (Å²) in [6.07, 6.45) is 11.6. The molecular formula is C14H20O5S. The standard InChI is InChI=1S/C14H20O5S/c1-3-13(19-20(2,15)16)8-7-12-6-4-5-9-14(12)17-10-11-18-14/h1,6,13H,4-5,7-11H2,2H3. The van der Waals surface area contributed by atoms with Gasteiger partial charge in [-0.2, -0.15) is 8.42 Å². The number of rotatable bonds is 5. The summed E-state index contributed by atoms with van der Waals surface area (Å²) in [6, 6.07) is 0. The Hall–Kier alpha value is -0.870. The third-order valence-electron chi connectivity index (χ3n) is 3.50. The van der Waals surface area contributed by atoms with E-state index in [1.54, 1.807) is 0 Å². The van der Waals surface area contributed by atoms with Crippen molar-refractivity contribution in [2.24, 2.45) is 0 Å². The monoisotopic (exact) mass is 300 g/mol. The highest BCUT2D eigenvalue weighted by atomic mass is 32.2. The van der Waals surface area contributed by atoms with Gasteiger partial charge in [-0.25, -0.2) is 0 Å². The van der Waals surface area contributed by atoms with Crippen molar-refractivity contribution >= 4 is 10.1 Å². The molecule has 0 aromatic carbocycles. The van der Waals surface area contributed by atoms with E-state index in [4.69, 9.17) is 20.1 Å². The van der Waals surface area contributed by atoms with Crippen molar-refractivity contribution in [3.05, 3.63) is 11.6 Å². The summed E-state index contributed by atoms with van der Waals surface area (Å²) < 4.78 is 38.6. The van der Waals surface area contributed by atoms with Crippen LogP contribution in [0.25, 0.3) is 0 Å². The molecule has 112 valence electrons. The van der Waals surface area contributed by atoms with Crippen LogP contribution in [0.5, 0.6) is 0 Å². The van der Waals surface area contributed by atoms with Crippen LogP contribution < -0.4 is 0 Å². The first kappa shape index (κ1) is 15.5. The van der Waals surface area contributed by atoms with Gasteiger partial charge in [-0.3, -0.25) is 4.18 Å². The molecule has 1 spiro atoms. The Balaban J connectivity index is 1.98. The number of terminal acetylenes is 1. The van der Waals surface area contributed by atoms with Gasteiger partial charge >= 0.3 is 0 Å². The van der Waals surface area contributed by atoms with E-state index in [0.29, 0.717) is 26.1 Å². The van der Waals surface area contributed by atoms with Crippen LogP contribution in [0.3, 0.4) is 0 Å². The first-order chi connectivity index (χ1) is 9.45. The molecule has 0 N–H and O–H groups in total. The summed E-state index contributed by atoms with van der Waals surface area (Å²) in [7, 11) is -3.54. The second-order valence-corrected chi connectivity index (χ2v) is 6.67. The third kappa shape index (κ3) is 3.83. The summed E-state index contributed by atoms with van der Waals surface area (Å²) in [4.78, 5) is 0. The minimum atomic E-state index is -3.54. The van der Waals surface area contributed by atoms with Gasteiger partial charge < -0.3 is 9.47 Å². The zero-order valence-corrected chi connectivity index (χ0v) is 12.4. The topological polar surface area (TPSA) is 61.8 Å². The Bertz CT molecular complexity index is 508. The van der Waals surface area contributed by atoms with Crippen LogP contribution in [0.4, 0.5) is 0 Å². The summed E-state index contributed by atoms with van der Waals surface area (Å²) in [5.41, 5.74) is 1.05. The van der Waals surface area contributed by atoms with Crippen LogP contribution in [0.1, 0.15) is 32.1 Å². The molecule has 0 bridgehead atoms. The SMILES string of the molecule is C#CC(CCC1=CCCCC12OCCO2)OS(C)(=O)=O. The Kier molecular flexibility index (Phi) is 4.86. The van der Waals surface area contributed by atoms with Crippen molar-refractivity contribution in [3.8, 4) is 12.3 Å². The van der Waals surface area contributed by atoms with Gasteiger partial charge in [0.1, 0.15) is 6.10 Å². The molecule has 2 rings (SSSR count). The van der Waals surface area contributed by atoms with Crippen LogP contribution in [-0.2, 0) is 23.8 Å². The van der Waals surface area contributed by atoms with Gasteiger partial charge in [0.15, 0.2) is 5.79 Å². The zero-order valence-electron chi connectivity index (χ0n) is 11.6. The highest BCUT2D eigenvalue weighted by Crippen LogP contribution is 2.39. The lowest BCUT2D eigenvalue weighted by Gasteiger charge is -2.33. The smallest absolute Gasteiger partial charge is 0.265 e. The van der Waals surface area contributed by atoms with E-state index >= 15 is 0 Å². The molecule has 0 aromatic rings. The molecule has 1 heterocycles. The van der Waals surface area contributed by atoms with E-state index in [1.807, 2.05) is 0 Å². The maximum atomic E-state index is 11.1. The van der Waals surface area contributed by atoms with Crippen LogP contribution in [0.2, 0.25) is 0 Å². The van der Waals surface area contributed by atoms with Crippen LogP contribution >= 0.6 is 0 Å². The quantitative estimate of drug-likeness (QED) is 0.438. The molecule has 6 heteroatoms. The number of hydrogen-bond acceptors (Lipinski definition) is 5. The van der Waals surface area contributed by atoms with Crippen LogP contribution in [-0.4, -0.2) is 39.8 Å². The van der Waals surface area contributed by atoms with E-state index in [0.717, 1.165) is 31.1 Å². The summed E-state index contributed by atoms with van der Waals surface area (Å²) in [5, 5.41) is 0. The highest BCUT2D eigenvalue weighted by molar-refractivity contribution is 7.86. The van der Waals surface area contributed by atoms with Gasteiger partial charge in [0.05, 0.1) is 19.5 Å². The second kappa shape index (κ2) is 6.27. The number of hydrogen-bond donors (Lipinski definition) is 0. The van der Waals surface area contributed by atoms with E-state index in [1.165, 1.54) is 0 Å². The molecule has 1 fully saturated rings. The van der Waals surface area contributed by atoms with Crippen molar-refractivity contribution in [1.29, 1.82) is 0 Å².